The molecule has 0 spiro atoms. The highest BCUT2D eigenvalue weighted by Crippen LogP contribution is 2.38. The van der Waals surface area contributed by atoms with E-state index in [0.29, 0.717) is 22.6 Å². The number of aryl methyl sites for hydroxylation is 1. The molecule has 1 aliphatic heterocycles. The van der Waals surface area contributed by atoms with Crippen molar-refractivity contribution in [3.05, 3.63) is 76.0 Å². The van der Waals surface area contributed by atoms with Gasteiger partial charge >= 0.3 is 5.97 Å². The summed E-state index contributed by atoms with van der Waals surface area (Å²) in [5.74, 6) is 0.391. The van der Waals surface area contributed by atoms with Crippen molar-refractivity contribution in [1.29, 1.82) is 0 Å². The van der Waals surface area contributed by atoms with E-state index in [0.717, 1.165) is 10.0 Å². The molecule has 0 N–H and O–H groups in total. The lowest BCUT2D eigenvalue weighted by Crippen LogP contribution is -2.14. The molecule has 0 radical (unpaired) electrons. The number of carbonyl (C=O) groups is 2. The predicted molar refractivity (Wildman–Crippen MR) is 105 cm³/mol. The summed E-state index contributed by atoms with van der Waals surface area (Å²) in [5.41, 5.74) is 2.05. The van der Waals surface area contributed by atoms with E-state index in [1.54, 1.807) is 25.1 Å². The van der Waals surface area contributed by atoms with Crippen LogP contribution in [0.2, 0.25) is 0 Å². The summed E-state index contributed by atoms with van der Waals surface area (Å²) in [6.45, 7) is 5.17. The Morgan fingerprint density at radius 3 is 2.81 bits per heavy atom. The molecule has 0 aromatic heterocycles. The number of ketones is 1. The van der Waals surface area contributed by atoms with Crippen LogP contribution in [-0.2, 0) is 9.53 Å². The number of esters is 1. The Kier molecular flexibility index (Phi) is 5.76. The number of ether oxygens (including phenoxy) is 3. The molecule has 0 bridgehead atoms. The number of benzene rings is 2. The van der Waals surface area contributed by atoms with Crippen molar-refractivity contribution in [3.63, 3.8) is 0 Å². The topological polar surface area (TPSA) is 61.8 Å². The second kappa shape index (κ2) is 8.22. The average Bonchev–Trinajstić information content (AvgIpc) is 2.96. The summed E-state index contributed by atoms with van der Waals surface area (Å²) < 4.78 is 16.9. The molecular weight excluding hydrogens is 412 g/mol. The molecule has 0 atom stereocenters. The van der Waals surface area contributed by atoms with Gasteiger partial charge in [-0.15, -0.1) is 0 Å². The van der Waals surface area contributed by atoms with E-state index >= 15 is 0 Å². The Bertz CT molecular complexity index is 946. The maximum Gasteiger partial charge on any atom is 0.344 e. The van der Waals surface area contributed by atoms with Crippen LogP contribution in [0.15, 0.2) is 59.3 Å². The number of Topliss-reactive ketones (excluding diaryl/α,β-unsaturated/α-hetero) is 1. The average molecular weight is 429 g/mol. The van der Waals surface area contributed by atoms with Crippen LogP contribution < -0.4 is 9.47 Å². The Hall–Kier alpha value is -2.86. The summed E-state index contributed by atoms with van der Waals surface area (Å²) in [6.07, 6.45) is 3.18. The van der Waals surface area contributed by atoms with Crippen molar-refractivity contribution in [3.8, 4) is 11.5 Å². The second-order valence-electron chi connectivity index (χ2n) is 5.83. The van der Waals surface area contributed by atoms with Crippen LogP contribution >= 0.6 is 15.9 Å². The van der Waals surface area contributed by atoms with Gasteiger partial charge in [-0.3, -0.25) is 4.79 Å². The van der Waals surface area contributed by atoms with Crippen molar-refractivity contribution >= 4 is 33.8 Å². The maximum atomic E-state index is 12.7. The molecule has 1 heterocycles. The van der Waals surface area contributed by atoms with Gasteiger partial charge in [0.2, 0.25) is 5.78 Å². The maximum absolute atomic E-state index is 12.7. The SMILES string of the molecule is C=CCOC(=O)COc1cc(C)c2c(c1)O/C(=C\c1ccccc1Br)C2=O. The molecule has 138 valence electrons. The summed E-state index contributed by atoms with van der Waals surface area (Å²) in [5, 5.41) is 0. The van der Waals surface area contributed by atoms with E-state index in [9.17, 15) is 9.59 Å². The molecular formula is C21H17BrO5. The van der Waals surface area contributed by atoms with E-state index in [2.05, 4.69) is 22.5 Å². The number of hydrogen-bond acceptors (Lipinski definition) is 5. The number of allylic oxidation sites excluding steroid dienone is 1. The van der Waals surface area contributed by atoms with Crippen molar-refractivity contribution in [2.24, 2.45) is 0 Å². The van der Waals surface area contributed by atoms with Gasteiger partial charge in [0.25, 0.3) is 0 Å². The highest BCUT2D eigenvalue weighted by Gasteiger charge is 2.30. The minimum absolute atomic E-state index is 0.131. The third-order valence-electron chi connectivity index (χ3n) is 3.85. The van der Waals surface area contributed by atoms with Crippen LogP contribution in [0.4, 0.5) is 0 Å². The van der Waals surface area contributed by atoms with Gasteiger partial charge in [0.05, 0.1) is 5.56 Å². The molecule has 0 amide bonds. The largest absolute Gasteiger partial charge is 0.482 e. The zero-order valence-electron chi connectivity index (χ0n) is 14.7. The molecule has 0 saturated carbocycles. The molecule has 6 heteroatoms. The van der Waals surface area contributed by atoms with Gasteiger partial charge in [-0.2, -0.15) is 0 Å². The summed E-state index contributed by atoms with van der Waals surface area (Å²) in [6, 6.07) is 10.8. The summed E-state index contributed by atoms with van der Waals surface area (Å²) in [4.78, 5) is 24.2. The molecule has 2 aromatic carbocycles. The van der Waals surface area contributed by atoms with E-state index in [1.165, 1.54) is 6.08 Å². The minimum atomic E-state index is -0.500. The van der Waals surface area contributed by atoms with Crippen LogP contribution in [0.3, 0.4) is 0 Å². The van der Waals surface area contributed by atoms with Gasteiger partial charge in [-0.05, 0) is 36.3 Å². The zero-order valence-corrected chi connectivity index (χ0v) is 16.2. The minimum Gasteiger partial charge on any atom is -0.482 e. The first-order chi connectivity index (χ1) is 13.0. The first kappa shape index (κ1) is 18.9. The van der Waals surface area contributed by atoms with Crippen molar-refractivity contribution < 1.29 is 23.8 Å². The first-order valence-electron chi connectivity index (χ1n) is 8.22. The highest BCUT2D eigenvalue weighted by atomic mass is 79.9. The van der Waals surface area contributed by atoms with Crippen LogP contribution in [0, 0.1) is 6.92 Å². The lowest BCUT2D eigenvalue weighted by molar-refractivity contribution is -0.144. The highest BCUT2D eigenvalue weighted by molar-refractivity contribution is 9.10. The predicted octanol–water partition coefficient (Wildman–Crippen LogP) is 4.48. The molecule has 0 unspecified atom stereocenters. The molecule has 0 saturated heterocycles. The third-order valence-corrected chi connectivity index (χ3v) is 4.58. The van der Waals surface area contributed by atoms with E-state index in [4.69, 9.17) is 14.2 Å². The van der Waals surface area contributed by atoms with E-state index in [1.807, 2.05) is 24.3 Å². The fourth-order valence-electron chi connectivity index (χ4n) is 2.63. The summed E-state index contributed by atoms with van der Waals surface area (Å²) >= 11 is 3.46. The Morgan fingerprint density at radius 2 is 2.07 bits per heavy atom. The van der Waals surface area contributed by atoms with Gasteiger partial charge in [0.1, 0.15) is 18.1 Å². The van der Waals surface area contributed by atoms with Gasteiger partial charge in [0, 0.05) is 10.5 Å². The number of carbonyl (C=O) groups excluding carboxylic acids is 2. The number of hydrogen-bond donors (Lipinski definition) is 0. The Labute approximate surface area is 165 Å². The Balaban J connectivity index is 1.80. The van der Waals surface area contributed by atoms with Crippen LogP contribution in [0.1, 0.15) is 21.5 Å². The Morgan fingerprint density at radius 1 is 1.30 bits per heavy atom. The fraction of sp³-hybridized carbons (Fsp3) is 0.143. The quantitative estimate of drug-likeness (QED) is 0.385. The number of halogens is 1. The van der Waals surface area contributed by atoms with Crippen molar-refractivity contribution in [2.75, 3.05) is 13.2 Å². The molecule has 0 fully saturated rings. The second-order valence-corrected chi connectivity index (χ2v) is 6.69. The van der Waals surface area contributed by atoms with E-state index in [-0.39, 0.29) is 24.8 Å². The van der Waals surface area contributed by atoms with Crippen LogP contribution in [0.5, 0.6) is 11.5 Å². The van der Waals surface area contributed by atoms with Gasteiger partial charge in [-0.1, -0.05) is 46.8 Å². The van der Waals surface area contributed by atoms with Crippen LogP contribution in [-0.4, -0.2) is 25.0 Å². The fourth-order valence-corrected chi connectivity index (χ4v) is 3.03. The van der Waals surface area contributed by atoms with E-state index < -0.39 is 5.97 Å². The summed E-state index contributed by atoms with van der Waals surface area (Å²) in [7, 11) is 0. The van der Waals surface area contributed by atoms with Crippen molar-refractivity contribution in [2.45, 2.75) is 6.92 Å². The first-order valence-corrected chi connectivity index (χ1v) is 9.01. The number of fused-ring (bicyclic) bond motifs is 1. The van der Waals surface area contributed by atoms with Gasteiger partial charge in [-0.25, -0.2) is 4.79 Å². The third kappa shape index (κ3) is 4.28. The molecule has 0 aliphatic carbocycles. The zero-order chi connectivity index (χ0) is 19.4. The number of rotatable bonds is 6. The van der Waals surface area contributed by atoms with Crippen molar-refractivity contribution in [1.82, 2.24) is 0 Å². The van der Waals surface area contributed by atoms with Crippen LogP contribution in [0.25, 0.3) is 6.08 Å². The van der Waals surface area contributed by atoms with Gasteiger partial charge < -0.3 is 14.2 Å². The normalized spacial score (nSPS) is 13.9. The molecule has 3 rings (SSSR count). The molecule has 5 nitrogen and oxygen atoms in total. The van der Waals surface area contributed by atoms with Gasteiger partial charge in [0.15, 0.2) is 12.4 Å². The standard InChI is InChI=1S/C21H17BrO5/c1-3-8-25-19(23)12-26-15-9-13(2)20-17(11-15)27-18(21(20)24)10-14-6-4-5-7-16(14)22/h3-7,9-11H,1,8,12H2,2H3/b18-10-. The monoisotopic (exact) mass is 428 g/mol. The molecule has 27 heavy (non-hydrogen) atoms. The lowest BCUT2D eigenvalue weighted by atomic mass is 10.0. The smallest absolute Gasteiger partial charge is 0.344 e. The lowest BCUT2D eigenvalue weighted by Gasteiger charge is -2.08. The molecule has 1 aliphatic rings. The molecule has 2 aromatic rings.